The second-order valence-electron chi connectivity index (χ2n) is 6.36. The molecule has 0 spiro atoms. The fourth-order valence-corrected chi connectivity index (χ4v) is 2.70. The van der Waals surface area contributed by atoms with Crippen LogP contribution in [0, 0.1) is 0 Å². The van der Waals surface area contributed by atoms with E-state index in [4.69, 9.17) is 14.2 Å². The molecular formula is C19H20N2O4. The van der Waals surface area contributed by atoms with Crippen molar-refractivity contribution >= 4 is 5.91 Å². The van der Waals surface area contributed by atoms with E-state index in [0.717, 1.165) is 11.3 Å². The van der Waals surface area contributed by atoms with Gasteiger partial charge in [0.15, 0.2) is 17.6 Å². The van der Waals surface area contributed by atoms with E-state index >= 15 is 0 Å². The number of fused-ring (bicyclic) bond motifs is 1. The van der Waals surface area contributed by atoms with Crippen molar-refractivity contribution < 1.29 is 19.0 Å². The van der Waals surface area contributed by atoms with Crippen LogP contribution >= 0.6 is 0 Å². The third kappa shape index (κ3) is 3.68. The van der Waals surface area contributed by atoms with Gasteiger partial charge in [0.1, 0.15) is 5.75 Å². The van der Waals surface area contributed by atoms with Crippen LogP contribution in [0.25, 0.3) is 0 Å². The summed E-state index contributed by atoms with van der Waals surface area (Å²) in [7, 11) is 0. The zero-order valence-electron chi connectivity index (χ0n) is 14.0. The van der Waals surface area contributed by atoms with Gasteiger partial charge >= 0.3 is 0 Å². The molecular weight excluding hydrogens is 320 g/mol. The summed E-state index contributed by atoms with van der Waals surface area (Å²) in [5.41, 5.74) is 2.13. The summed E-state index contributed by atoms with van der Waals surface area (Å²) in [4.78, 5) is 16.7. The molecule has 130 valence electrons. The lowest BCUT2D eigenvalue weighted by Gasteiger charge is -2.15. The van der Waals surface area contributed by atoms with Crippen LogP contribution in [0.4, 0.5) is 0 Å². The Kier molecular flexibility index (Phi) is 4.17. The summed E-state index contributed by atoms with van der Waals surface area (Å²) in [6, 6.07) is 9.33. The van der Waals surface area contributed by atoms with Crippen molar-refractivity contribution in [1.29, 1.82) is 0 Å². The number of amides is 1. The molecule has 2 heterocycles. The fourth-order valence-electron chi connectivity index (χ4n) is 2.70. The second kappa shape index (κ2) is 6.63. The molecule has 2 aromatic rings. The number of nitrogens with zero attached hydrogens (tertiary/aromatic N) is 1. The van der Waals surface area contributed by atoms with Crippen LogP contribution in [0.1, 0.15) is 36.9 Å². The molecule has 1 amide bonds. The van der Waals surface area contributed by atoms with Crippen molar-refractivity contribution in [2.75, 3.05) is 6.79 Å². The number of hydrogen-bond acceptors (Lipinski definition) is 5. The predicted molar refractivity (Wildman–Crippen MR) is 90.7 cm³/mol. The quantitative estimate of drug-likeness (QED) is 0.876. The summed E-state index contributed by atoms with van der Waals surface area (Å²) >= 11 is 0. The van der Waals surface area contributed by atoms with Crippen molar-refractivity contribution in [2.24, 2.45) is 0 Å². The molecule has 1 aromatic heterocycles. The molecule has 1 unspecified atom stereocenters. The van der Waals surface area contributed by atoms with Crippen LogP contribution in [0.2, 0.25) is 0 Å². The number of pyridine rings is 1. The van der Waals surface area contributed by atoms with Crippen LogP contribution in [-0.4, -0.2) is 23.8 Å². The van der Waals surface area contributed by atoms with Gasteiger partial charge in [-0.25, -0.2) is 0 Å². The first-order valence-electron chi connectivity index (χ1n) is 8.48. The first kappa shape index (κ1) is 15.7. The summed E-state index contributed by atoms with van der Waals surface area (Å²) in [6.45, 7) is 2.36. The highest BCUT2D eigenvalue weighted by Gasteiger charge is 2.24. The molecule has 1 aliphatic heterocycles. The van der Waals surface area contributed by atoms with Gasteiger partial charge < -0.3 is 19.5 Å². The number of aromatic nitrogens is 1. The number of rotatable bonds is 6. The maximum Gasteiger partial charge on any atom is 0.261 e. The Labute approximate surface area is 146 Å². The summed E-state index contributed by atoms with van der Waals surface area (Å²) < 4.78 is 16.3. The van der Waals surface area contributed by atoms with Crippen molar-refractivity contribution in [3.63, 3.8) is 0 Å². The summed E-state index contributed by atoms with van der Waals surface area (Å²) in [5.74, 6) is 2.35. The Morgan fingerprint density at radius 1 is 1.28 bits per heavy atom. The van der Waals surface area contributed by atoms with Crippen LogP contribution in [0.15, 0.2) is 36.5 Å². The highest BCUT2D eigenvalue weighted by Crippen LogP contribution is 2.38. The van der Waals surface area contributed by atoms with Gasteiger partial charge in [0.25, 0.3) is 5.91 Å². The predicted octanol–water partition coefficient (Wildman–Crippen LogP) is 2.77. The van der Waals surface area contributed by atoms with E-state index in [2.05, 4.69) is 10.3 Å². The minimum Gasteiger partial charge on any atom is -0.481 e. The topological polar surface area (TPSA) is 69.7 Å². The van der Waals surface area contributed by atoms with Gasteiger partial charge in [-0.15, -0.1) is 0 Å². The van der Waals surface area contributed by atoms with Gasteiger partial charge in [-0.1, -0.05) is 6.07 Å². The van der Waals surface area contributed by atoms with E-state index in [0.29, 0.717) is 29.7 Å². The van der Waals surface area contributed by atoms with Gasteiger partial charge in [0, 0.05) is 30.4 Å². The smallest absolute Gasteiger partial charge is 0.261 e. The van der Waals surface area contributed by atoms with Crippen molar-refractivity contribution in [2.45, 2.75) is 38.3 Å². The molecule has 1 N–H and O–H groups in total. The first-order valence-corrected chi connectivity index (χ1v) is 8.48. The summed E-state index contributed by atoms with van der Waals surface area (Å²) in [5, 5.41) is 2.88. The van der Waals surface area contributed by atoms with Crippen LogP contribution in [0.3, 0.4) is 0 Å². The molecule has 25 heavy (non-hydrogen) atoms. The normalized spacial score (nSPS) is 16.4. The largest absolute Gasteiger partial charge is 0.481 e. The maximum atomic E-state index is 12.2. The number of benzene rings is 1. The zero-order valence-corrected chi connectivity index (χ0v) is 14.0. The molecule has 1 aromatic carbocycles. The molecule has 6 heteroatoms. The van der Waals surface area contributed by atoms with Gasteiger partial charge in [-0.3, -0.25) is 9.78 Å². The van der Waals surface area contributed by atoms with Crippen LogP contribution in [0.5, 0.6) is 17.2 Å². The average Bonchev–Trinajstić information content (AvgIpc) is 3.38. The van der Waals surface area contributed by atoms with Crippen molar-refractivity contribution in [3.8, 4) is 17.2 Å². The Bertz CT molecular complexity index is 771. The fraction of sp³-hybridized carbons (Fsp3) is 0.368. The number of nitrogens with one attached hydrogen (secondary N) is 1. The van der Waals surface area contributed by atoms with Gasteiger partial charge in [0.05, 0.1) is 0 Å². The van der Waals surface area contributed by atoms with Gasteiger partial charge in [0.2, 0.25) is 6.79 Å². The molecule has 1 aliphatic carbocycles. The maximum absolute atomic E-state index is 12.2. The minimum absolute atomic E-state index is 0.177. The third-order valence-electron chi connectivity index (χ3n) is 4.34. The van der Waals surface area contributed by atoms with Gasteiger partial charge in [-0.05, 0) is 43.5 Å². The van der Waals surface area contributed by atoms with Crippen LogP contribution < -0.4 is 19.5 Å². The van der Waals surface area contributed by atoms with Crippen molar-refractivity contribution in [3.05, 3.63) is 47.8 Å². The minimum atomic E-state index is -0.612. The molecule has 0 radical (unpaired) electrons. The monoisotopic (exact) mass is 340 g/mol. The number of ether oxygens (including phenoxy) is 3. The lowest BCUT2D eigenvalue weighted by Crippen LogP contribution is -2.35. The molecule has 0 bridgehead atoms. The first-order chi connectivity index (χ1) is 12.2. The highest BCUT2D eigenvalue weighted by molar-refractivity contribution is 5.80. The van der Waals surface area contributed by atoms with E-state index in [1.165, 1.54) is 12.8 Å². The van der Waals surface area contributed by atoms with Crippen molar-refractivity contribution in [1.82, 2.24) is 10.3 Å². The summed E-state index contributed by atoms with van der Waals surface area (Å²) in [6.07, 6.45) is 3.69. The van der Waals surface area contributed by atoms with E-state index in [1.54, 1.807) is 25.1 Å². The number of hydrogen-bond donors (Lipinski definition) is 1. The Morgan fingerprint density at radius 2 is 2.12 bits per heavy atom. The van der Waals surface area contributed by atoms with E-state index in [9.17, 15) is 4.79 Å². The van der Waals surface area contributed by atoms with E-state index < -0.39 is 6.10 Å². The SMILES string of the molecule is CC(Oc1ccc2c(c1)OCO2)C(=O)NCc1ccc(C2CC2)nc1. The molecule has 1 fully saturated rings. The molecule has 6 nitrogen and oxygen atoms in total. The lowest BCUT2D eigenvalue weighted by atomic mass is 10.2. The standard InChI is InChI=1S/C19H20N2O4/c1-12(25-15-5-7-17-18(8-15)24-11-23-17)19(22)21-10-13-2-6-16(20-9-13)14-3-4-14/h2,5-9,12,14H,3-4,10-11H2,1H3,(H,21,22). The van der Waals surface area contributed by atoms with E-state index in [-0.39, 0.29) is 12.7 Å². The molecule has 0 saturated heterocycles. The number of carbonyl (C=O) groups excluding carboxylic acids is 1. The van der Waals surface area contributed by atoms with Crippen LogP contribution in [-0.2, 0) is 11.3 Å². The Morgan fingerprint density at radius 3 is 2.88 bits per heavy atom. The van der Waals surface area contributed by atoms with Gasteiger partial charge in [-0.2, -0.15) is 0 Å². The zero-order chi connectivity index (χ0) is 17.2. The number of carbonyl (C=O) groups is 1. The highest BCUT2D eigenvalue weighted by atomic mass is 16.7. The Balaban J connectivity index is 1.29. The second-order valence-corrected chi connectivity index (χ2v) is 6.36. The Hall–Kier alpha value is -2.76. The lowest BCUT2D eigenvalue weighted by molar-refractivity contribution is -0.127. The molecule has 1 saturated carbocycles. The average molecular weight is 340 g/mol. The molecule has 4 rings (SSSR count). The molecule has 1 atom stereocenters. The molecule has 2 aliphatic rings. The third-order valence-corrected chi connectivity index (χ3v) is 4.34. The van der Waals surface area contributed by atoms with E-state index in [1.807, 2.05) is 18.3 Å².